The molecule has 0 radical (unpaired) electrons. The van der Waals surface area contributed by atoms with Crippen molar-refractivity contribution in [3.63, 3.8) is 0 Å². The van der Waals surface area contributed by atoms with Gasteiger partial charge in [-0.3, -0.25) is 0 Å². The monoisotopic (exact) mass is 434 g/mol. The van der Waals surface area contributed by atoms with Crippen LogP contribution in [0.4, 0.5) is 5.82 Å². The van der Waals surface area contributed by atoms with Gasteiger partial charge in [-0.15, -0.1) is 11.3 Å². The highest BCUT2D eigenvalue weighted by Gasteiger charge is 2.26. The van der Waals surface area contributed by atoms with Crippen LogP contribution in [0.2, 0.25) is 0 Å². The average Bonchev–Trinajstić information content (AvgIpc) is 3.36. The number of aromatic nitrogens is 3. The molecule has 0 saturated carbocycles. The predicted molar refractivity (Wildman–Crippen MR) is 126 cm³/mol. The molecule has 31 heavy (non-hydrogen) atoms. The summed E-state index contributed by atoms with van der Waals surface area (Å²) in [6.45, 7) is 4.29. The Bertz CT molecular complexity index is 1230. The molecule has 0 fully saturated rings. The molecule has 1 aliphatic carbocycles. The van der Waals surface area contributed by atoms with Crippen molar-refractivity contribution in [2.75, 3.05) is 18.0 Å². The molecule has 2 atom stereocenters. The van der Waals surface area contributed by atoms with Crippen molar-refractivity contribution in [3.8, 4) is 11.3 Å². The first-order valence-corrected chi connectivity index (χ1v) is 11.6. The van der Waals surface area contributed by atoms with Crippen LogP contribution in [0.5, 0.6) is 0 Å². The average molecular weight is 435 g/mol. The number of fused-ring (bicyclic) bond motifs is 5. The zero-order chi connectivity index (χ0) is 21.5. The van der Waals surface area contributed by atoms with Crippen LogP contribution in [0.1, 0.15) is 31.4 Å². The number of aliphatic hydroxyl groups is 2. The molecular formula is C24H26N4O2S. The van der Waals surface area contributed by atoms with Gasteiger partial charge < -0.3 is 15.1 Å². The summed E-state index contributed by atoms with van der Waals surface area (Å²) in [6.07, 6.45) is 3.71. The highest BCUT2D eigenvalue weighted by molar-refractivity contribution is 7.26. The summed E-state index contributed by atoms with van der Waals surface area (Å²) in [5.74, 6) is 0.753. The quantitative estimate of drug-likeness (QED) is 0.478. The van der Waals surface area contributed by atoms with Gasteiger partial charge in [0.25, 0.3) is 0 Å². The third-order valence-electron chi connectivity index (χ3n) is 5.77. The molecule has 0 saturated heterocycles. The second kappa shape index (κ2) is 8.15. The Morgan fingerprint density at radius 2 is 1.71 bits per heavy atom. The molecule has 0 bridgehead atoms. The smallest absolute Gasteiger partial charge is 0.150 e. The van der Waals surface area contributed by atoms with Gasteiger partial charge in [0.15, 0.2) is 0 Å². The van der Waals surface area contributed by atoms with E-state index < -0.39 is 12.2 Å². The molecule has 3 aromatic heterocycles. The van der Waals surface area contributed by atoms with Crippen molar-refractivity contribution >= 4 is 37.6 Å². The number of hydrogen-bond acceptors (Lipinski definition) is 7. The van der Waals surface area contributed by atoms with Crippen LogP contribution in [0.15, 0.2) is 36.7 Å². The SMILES string of the molecule is C[C@@H](O)CN(C[C@@H](C)O)c1ncnc2c1sc1nc(-c3ccccc3)c3c(c12)CCC3. The predicted octanol–water partition coefficient (Wildman–Crippen LogP) is 3.96. The molecule has 1 aromatic carbocycles. The number of nitrogens with zero attached hydrogens (tertiary/aromatic N) is 4. The lowest BCUT2D eigenvalue weighted by atomic mass is 10.0. The van der Waals surface area contributed by atoms with Gasteiger partial charge in [0.2, 0.25) is 0 Å². The molecule has 160 valence electrons. The van der Waals surface area contributed by atoms with Gasteiger partial charge in [-0.25, -0.2) is 15.0 Å². The van der Waals surface area contributed by atoms with E-state index in [0.717, 1.165) is 56.8 Å². The van der Waals surface area contributed by atoms with Crippen molar-refractivity contribution in [1.29, 1.82) is 0 Å². The van der Waals surface area contributed by atoms with Gasteiger partial charge in [0.1, 0.15) is 17.0 Å². The minimum absolute atomic E-state index is 0.395. The summed E-state index contributed by atoms with van der Waals surface area (Å²) in [7, 11) is 0. The maximum Gasteiger partial charge on any atom is 0.150 e. The first kappa shape index (κ1) is 20.3. The molecule has 4 aromatic rings. The maximum atomic E-state index is 10.0. The van der Waals surface area contributed by atoms with Crippen LogP contribution >= 0.6 is 11.3 Å². The van der Waals surface area contributed by atoms with Crippen LogP contribution < -0.4 is 4.90 Å². The van der Waals surface area contributed by atoms with Crippen LogP contribution in [0.25, 0.3) is 31.7 Å². The highest BCUT2D eigenvalue weighted by Crippen LogP contribution is 2.43. The number of hydrogen-bond donors (Lipinski definition) is 2. The Morgan fingerprint density at radius 3 is 2.42 bits per heavy atom. The summed E-state index contributed by atoms with van der Waals surface area (Å²) in [6, 6.07) is 10.4. The molecule has 3 heterocycles. The zero-order valence-corrected chi connectivity index (χ0v) is 18.6. The number of rotatable bonds is 6. The summed E-state index contributed by atoms with van der Waals surface area (Å²) in [5.41, 5.74) is 5.85. The summed E-state index contributed by atoms with van der Waals surface area (Å²) < 4.78 is 0.964. The highest BCUT2D eigenvalue weighted by atomic mass is 32.1. The molecule has 2 N–H and O–H groups in total. The molecule has 7 heteroatoms. The van der Waals surface area contributed by atoms with Gasteiger partial charge in [0.05, 0.1) is 28.1 Å². The molecule has 0 unspecified atom stereocenters. The Kier molecular flexibility index (Phi) is 5.33. The molecule has 5 rings (SSSR count). The van der Waals surface area contributed by atoms with E-state index in [9.17, 15) is 10.2 Å². The fourth-order valence-corrected chi connectivity index (χ4v) is 5.81. The number of aliphatic hydroxyl groups excluding tert-OH is 2. The largest absolute Gasteiger partial charge is 0.392 e. The molecule has 0 spiro atoms. The van der Waals surface area contributed by atoms with Crippen LogP contribution in [0, 0.1) is 0 Å². The number of anilines is 1. The van der Waals surface area contributed by atoms with Crippen molar-refractivity contribution in [2.45, 2.75) is 45.3 Å². The normalized spacial score (nSPS) is 15.4. The van der Waals surface area contributed by atoms with Gasteiger partial charge in [-0.1, -0.05) is 30.3 Å². The Labute approximate surface area is 185 Å². The number of thiophene rings is 1. The van der Waals surface area contributed by atoms with Crippen LogP contribution in [0.3, 0.4) is 0 Å². The van der Waals surface area contributed by atoms with E-state index in [1.54, 1.807) is 31.5 Å². The summed E-state index contributed by atoms with van der Waals surface area (Å²) in [4.78, 5) is 17.3. The lowest BCUT2D eigenvalue weighted by Crippen LogP contribution is -2.37. The van der Waals surface area contributed by atoms with E-state index in [-0.39, 0.29) is 0 Å². The number of benzene rings is 1. The summed E-state index contributed by atoms with van der Waals surface area (Å²) >= 11 is 1.60. The standard InChI is InChI=1S/C24H26N4O2S/c1-14(29)11-28(12-15(2)30)23-22-21(25-13-26-23)19-17-9-6-10-18(17)20(27-24(19)31-22)16-7-4-3-5-8-16/h3-5,7-8,13-15,29-30H,6,9-12H2,1-2H3/t14-,15-/m1/s1. The molecule has 0 amide bonds. The van der Waals surface area contributed by atoms with E-state index in [4.69, 9.17) is 4.98 Å². The lowest BCUT2D eigenvalue weighted by Gasteiger charge is -2.26. The maximum absolute atomic E-state index is 10.0. The van der Waals surface area contributed by atoms with Crippen molar-refractivity contribution in [3.05, 3.63) is 47.8 Å². The second-order valence-electron chi connectivity index (χ2n) is 8.40. The first-order valence-electron chi connectivity index (χ1n) is 10.8. The fraction of sp³-hybridized carbons (Fsp3) is 0.375. The van der Waals surface area contributed by atoms with Gasteiger partial charge in [-0.2, -0.15) is 0 Å². The Morgan fingerprint density at radius 1 is 1.00 bits per heavy atom. The Hall–Kier alpha value is -2.61. The molecule has 6 nitrogen and oxygen atoms in total. The van der Waals surface area contributed by atoms with E-state index in [1.165, 1.54) is 11.1 Å². The third-order valence-corrected chi connectivity index (χ3v) is 6.84. The topological polar surface area (TPSA) is 82.4 Å². The minimum Gasteiger partial charge on any atom is -0.392 e. The lowest BCUT2D eigenvalue weighted by molar-refractivity contribution is 0.178. The molecule has 0 aliphatic heterocycles. The number of pyridine rings is 1. The third kappa shape index (κ3) is 3.67. The summed E-state index contributed by atoms with van der Waals surface area (Å²) in [5, 5.41) is 21.2. The van der Waals surface area contributed by atoms with Gasteiger partial charge >= 0.3 is 0 Å². The van der Waals surface area contributed by atoms with Crippen molar-refractivity contribution in [1.82, 2.24) is 15.0 Å². The van der Waals surface area contributed by atoms with E-state index in [2.05, 4.69) is 34.2 Å². The van der Waals surface area contributed by atoms with Crippen LogP contribution in [-0.4, -0.2) is 50.5 Å². The minimum atomic E-state index is -0.537. The zero-order valence-electron chi connectivity index (χ0n) is 17.7. The van der Waals surface area contributed by atoms with Gasteiger partial charge in [-0.05, 0) is 44.2 Å². The van der Waals surface area contributed by atoms with E-state index >= 15 is 0 Å². The second-order valence-corrected chi connectivity index (χ2v) is 9.40. The van der Waals surface area contributed by atoms with Crippen molar-refractivity contribution < 1.29 is 10.2 Å². The molecule has 1 aliphatic rings. The molecular weight excluding hydrogens is 408 g/mol. The van der Waals surface area contributed by atoms with Gasteiger partial charge in [0, 0.05) is 24.0 Å². The van der Waals surface area contributed by atoms with E-state index in [0.29, 0.717) is 13.1 Å². The van der Waals surface area contributed by atoms with E-state index in [1.807, 2.05) is 11.0 Å². The van der Waals surface area contributed by atoms with Crippen LogP contribution in [-0.2, 0) is 12.8 Å². The Balaban J connectivity index is 1.74. The number of aryl methyl sites for hydroxylation is 1. The van der Waals surface area contributed by atoms with Crippen molar-refractivity contribution in [2.24, 2.45) is 0 Å². The first-order chi connectivity index (χ1) is 15.0. The fourth-order valence-electron chi connectivity index (χ4n) is 4.63.